The van der Waals surface area contributed by atoms with Crippen LogP contribution in [0.4, 0.5) is 17.1 Å². The Balaban J connectivity index is 3.20. The molecule has 0 aromatic heterocycles. The molecule has 0 aliphatic carbocycles. The highest BCUT2D eigenvalue weighted by atomic mass is 16.5. The van der Waals surface area contributed by atoms with Crippen molar-refractivity contribution in [2.45, 2.75) is 40.5 Å². The second kappa shape index (κ2) is 9.65. The van der Waals surface area contributed by atoms with Crippen LogP contribution in [0.2, 0.25) is 0 Å². The molecule has 0 heterocycles. The molecule has 0 atom stereocenters. The minimum atomic E-state index is -1.15. The fraction of sp³-hybridized carbons (Fsp3) is 0.500. The first-order valence-corrected chi connectivity index (χ1v) is 8.59. The molecule has 0 saturated carbocycles. The number of nitrogens with two attached hydrogens (primary N) is 1. The van der Waals surface area contributed by atoms with Gasteiger partial charge in [0.2, 0.25) is 11.8 Å². The fourth-order valence-corrected chi connectivity index (χ4v) is 2.23. The summed E-state index contributed by atoms with van der Waals surface area (Å²) in [6.45, 7) is 6.72. The van der Waals surface area contributed by atoms with Crippen molar-refractivity contribution in [3.8, 4) is 5.75 Å². The van der Waals surface area contributed by atoms with Crippen LogP contribution in [0.15, 0.2) is 12.1 Å². The Hall–Kier alpha value is -2.77. The summed E-state index contributed by atoms with van der Waals surface area (Å²) in [6, 6.07) is 2.87. The Labute approximate surface area is 153 Å². The molecule has 1 rings (SSSR count). The third kappa shape index (κ3) is 5.94. The smallest absolute Gasteiger partial charge is 0.341 e. The largest absolute Gasteiger partial charge is 0.480 e. The Morgan fingerprint density at radius 3 is 2.15 bits per heavy atom. The van der Waals surface area contributed by atoms with E-state index in [1.54, 1.807) is 13.8 Å². The summed E-state index contributed by atoms with van der Waals surface area (Å²) in [5.41, 5.74) is 6.73. The number of aliphatic carboxylic acids is 1. The van der Waals surface area contributed by atoms with Gasteiger partial charge in [-0.25, -0.2) is 4.79 Å². The number of carbonyl (C=O) groups excluding carboxylic acids is 2. The summed E-state index contributed by atoms with van der Waals surface area (Å²) in [5.74, 6) is -1.90. The van der Waals surface area contributed by atoms with E-state index in [-0.39, 0.29) is 40.8 Å². The summed E-state index contributed by atoms with van der Waals surface area (Å²) in [5, 5.41) is 14.2. The van der Waals surface area contributed by atoms with Gasteiger partial charge in [-0.15, -0.1) is 0 Å². The summed E-state index contributed by atoms with van der Waals surface area (Å²) in [4.78, 5) is 35.1. The molecule has 0 aliphatic rings. The van der Waals surface area contributed by atoms with Crippen molar-refractivity contribution < 1.29 is 24.2 Å². The number of nitrogens with one attached hydrogen (secondary N) is 2. The van der Waals surface area contributed by atoms with Gasteiger partial charge in [0.15, 0.2) is 6.61 Å². The molecule has 2 amide bonds. The molecule has 5 N–H and O–H groups in total. The molecular weight excluding hydrogens is 338 g/mol. The van der Waals surface area contributed by atoms with E-state index in [4.69, 9.17) is 15.6 Å². The highest BCUT2D eigenvalue weighted by Gasteiger charge is 2.19. The van der Waals surface area contributed by atoms with Gasteiger partial charge in [-0.2, -0.15) is 0 Å². The van der Waals surface area contributed by atoms with Crippen molar-refractivity contribution in [1.29, 1.82) is 0 Å². The minimum absolute atomic E-state index is 0.131. The molecule has 0 saturated heterocycles. The van der Waals surface area contributed by atoms with Crippen LogP contribution in [0.3, 0.4) is 0 Å². The molecule has 0 unspecified atom stereocenters. The van der Waals surface area contributed by atoms with E-state index in [0.29, 0.717) is 18.5 Å². The van der Waals surface area contributed by atoms with Crippen molar-refractivity contribution in [1.82, 2.24) is 0 Å². The standard InChI is InChI=1S/C18H27N3O5/c1-5-11(6-2)18(25)21-14-8-13(20-17(24)10(3)4)12(19)7-15(14)26-9-16(22)23/h7-8,10-11H,5-6,9,19H2,1-4H3,(H,20,24)(H,21,25)(H,22,23). The SMILES string of the molecule is CCC(CC)C(=O)Nc1cc(NC(=O)C(C)C)c(N)cc1OCC(=O)O. The van der Waals surface area contributed by atoms with Crippen molar-refractivity contribution in [3.05, 3.63) is 12.1 Å². The van der Waals surface area contributed by atoms with Crippen LogP contribution < -0.4 is 21.1 Å². The van der Waals surface area contributed by atoms with Crippen LogP contribution in [0.5, 0.6) is 5.75 Å². The third-order valence-corrected chi connectivity index (χ3v) is 3.90. The highest BCUT2D eigenvalue weighted by molar-refractivity contribution is 5.99. The van der Waals surface area contributed by atoms with Gasteiger partial charge in [0, 0.05) is 17.9 Å². The lowest BCUT2D eigenvalue weighted by atomic mass is 10.0. The number of ether oxygens (including phenoxy) is 1. The van der Waals surface area contributed by atoms with E-state index in [1.165, 1.54) is 12.1 Å². The molecule has 1 aromatic rings. The number of carboxylic acids is 1. The minimum Gasteiger partial charge on any atom is -0.480 e. The van der Waals surface area contributed by atoms with E-state index in [2.05, 4.69) is 10.6 Å². The molecule has 26 heavy (non-hydrogen) atoms. The molecule has 144 valence electrons. The summed E-state index contributed by atoms with van der Waals surface area (Å²) in [6.07, 6.45) is 1.33. The lowest BCUT2D eigenvalue weighted by Gasteiger charge is -2.18. The molecule has 1 aromatic carbocycles. The van der Waals surface area contributed by atoms with Crippen LogP contribution in [0, 0.1) is 11.8 Å². The maximum atomic E-state index is 12.4. The van der Waals surface area contributed by atoms with Crippen LogP contribution in [-0.4, -0.2) is 29.5 Å². The first-order valence-electron chi connectivity index (χ1n) is 8.59. The topological polar surface area (TPSA) is 131 Å². The number of anilines is 3. The quantitative estimate of drug-likeness (QED) is 0.498. The average Bonchev–Trinajstić information content (AvgIpc) is 2.57. The molecule has 0 aliphatic heterocycles. The molecular formula is C18H27N3O5. The number of rotatable bonds is 9. The Bertz CT molecular complexity index is 669. The van der Waals surface area contributed by atoms with Crippen molar-refractivity contribution in [3.63, 3.8) is 0 Å². The van der Waals surface area contributed by atoms with E-state index in [1.807, 2.05) is 13.8 Å². The van der Waals surface area contributed by atoms with Gasteiger partial charge >= 0.3 is 5.97 Å². The molecule has 8 heteroatoms. The number of nitrogen functional groups attached to an aromatic ring is 1. The van der Waals surface area contributed by atoms with Crippen LogP contribution in [0.25, 0.3) is 0 Å². The molecule has 0 bridgehead atoms. The molecule has 0 spiro atoms. The lowest BCUT2D eigenvalue weighted by molar-refractivity contribution is -0.139. The summed E-state index contributed by atoms with van der Waals surface area (Å²) >= 11 is 0. The first-order chi connectivity index (χ1) is 12.2. The van der Waals surface area contributed by atoms with E-state index >= 15 is 0 Å². The molecule has 0 fully saturated rings. The van der Waals surface area contributed by atoms with Gasteiger partial charge in [-0.3, -0.25) is 9.59 Å². The third-order valence-electron chi connectivity index (χ3n) is 3.90. The number of hydrogen-bond donors (Lipinski definition) is 4. The maximum absolute atomic E-state index is 12.4. The van der Waals surface area contributed by atoms with Crippen molar-refractivity contribution in [2.24, 2.45) is 11.8 Å². The van der Waals surface area contributed by atoms with E-state index < -0.39 is 12.6 Å². The van der Waals surface area contributed by atoms with Gasteiger partial charge < -0.3 is 26.2 Å². The average molecular weight is 365 g/mol. The number of benzene rings is 1. The summed E-state index contributed by atoms with van der Waals surface area (Å²) in [7, 11) is 0. The first kappa shape index (κ1) is 21.3. The highest BCUT2D eigenvalue weighted by Crippen LogP contribution is 2.34. The van der Waals surface area contributed by atoms with E-state index in [0.717, 1.165) is 0 Å². The molecule has 0 radical (unpaired) electrons. The van der Waals surface area contributed by atoms with Crippen molar-refractivity contribution >= 4 is 34.8 Å². The van der Waals surface area contributed by atoms with Gasteiger partial charge in [0.25, 0.3) is 0 Å². The number of carbonyl (C=O) groups is 3. The zero-order chi connectivity index (χ0) is 19.9. The maximum Gasteiger partial charge on any atom is 0.341 e. The van der Waals surface area contributed by atoms with Gasteiger partial charge in [0.05, 0.1) is 17.1 Å². The van der Waals surface area contributed by atoms with Crippen LogP contribution in [-0.2, 0) is 14.4 Å². The second-order valence-electron chi connectivity index (χ2n) is 6.26. The van der Waals surface area contributed by atoms with Crippen molar-refractivity contribution in [2.75, 3.05) is 23.0 Å². The fourth-order valence-electron chi connectivity index (χ4n) is 2.23. The Kier molecular flexibility index (Phi) is 7.89. The monoisotopic (exact) mass is 365 g/mol. The van der Waals surface area contributed by atoms with E-state index in [9.17, 15) is 14.4 Å². The zero-order valence-electron chi connectivity index (χ0n) is 15.6. The number of amides is 2. The molecule has 8 nitrogen and oxygen atoms in total. The van der Waals surface area contributed by atoms with Crippen LogP contribution in [0.1, 0.15) is 40.5 Å². The Morgan fingerprint density at radius 2 is 1.65 bits per heavy atom. The predicted octanol–water partition coefficient (Wildman–Crippen LogP) is 2.70. The summed E-state index contributed by atoms with van der Waals surface area (Å²) < 4.78 is 5.23. The lowest BCUT2D eigenvalue weighted by Crippen LogP contribution is -2.23. The van der Waals surface area contributed by atoms with Crippen LogP contribution >= 0.6 is 0 Å². The Morgan fingerprint density at radius 1 is 1.08 bits per heavy atom. The predicted molar refractivity (Wildman–Crippen MR) is 100 cm³/mol. The van der Waals surface area contributed by atoms with Gasteiger partial charge in [0.1, 0.15) is 5.75 Å². The zero-order valence-corrected chi connectivity index (χ0v) is 15.6. The normalized spacial score (nSPS) is 10.7. The number of carboxylic acid groups (broad SMARTS) is 1. The number of hydrogen-bond acceptors (Lipinski definition) is 5. The van der Waals surface area contributed by atoms with Gasteiger partial charge in [-0.1, -0.05) is 27.7 Å². The second-order valence-corrected chi connectivity index (χ2v) is 6.26. The van der Waals surface area contributed by atoms with Gasteiger partial charge in [-0.05, 0) is 18.9 Å².